The molecular formula is C14H22N2. The van der Waals surface area contributed by atoms with E-state index in [1.165, 1.54) is 31.6 Å². The number of benzene rings is 1. The largest absolute Gasteiger partial charge is 0.371 e. The number of nitrogens with zero attached hydrogens (tertiary/aromatic N) is 1. The summed E-state index contributed by atoms with van der Waals surface area (Å²) in [4.78, 5) is 2.49. The summed E-state index contributed by atoms with van der Waals surface area (Å²) in [5.74, 6) is 1.50. The highest BCUT2D eigenvalue weighted by atomic mass is 15.1. The van der Waals surface area contributed by atoms with Crippen molar-refractivity contribution >= 4 is 5.69 Å². The molecule has 2 nitrogen and oxygen atoms in total. The smallest absolute Gasteiger partial charge is 0.0366 e. The SMILES string of the molecule is CC(CN)CC1CCN(c2ccccc2)C1. The van der Waals surface area contributed by atoms with Gasteiger partial charge in [-0.3, -0.25) is 0 Å². The zero-order valence-corrected chi connectivity index (χ0v) is 10.1. The lowest BCUT2D eigenvalue weighted by Crippen LogP contribution is -2.21. The first-order valence-electron chi connectivity index (χ1n) is 6.29. The maximum absolute atomic E-state index is 5.68. The van der Waals surface area contributed by atoms with Crippen LogP contribution in [0.1, 0.15) is 19.8 Å². The van der Waals surface area contributed by atoms with Crippen LogP contribution in [0.2, 0.25) is 0 Å². The first kappa shape index (κ1) is 11.5. The van der Waals surface area contributed by atoms with Gasteiger partial charge in [0.25, 0.3) is 0 Å². The van der Waals surface area contributed by atoms with Gasteiger partial charge in [0, 0.05) is 18.8 Å². The topological polar surface area (TPSA) is 29.3 Å². The van der Waals surface area contributed by atoms with Crippen LogP contribution in [0.15, 0.2) is 30.3 Å². The standard InChI is InChI=1S/C14H22N2/c1-12(10-15)9-13-7-8-16(11-13)14-5-3-2-4-6-14/h2-6,12-13H,7-11,15H2,1H3. The number of rotatable bonds is 4. The van der Waals surface area contributed by atoms with Crippen LogP contribution >= 0.6 is 0 Å². The summed E-state index contributed by atoms with van der Waals surface area (Å²) < 4.78 is 0. The molecule has 2 atom stereocenters. The molecule has 2 unspecified atom stereocenters. The second kappa shape index (κ2) is 5.35. The molecule has 2 N–H and O–H groups in total. The van der Waals surface area contributed by atoms with Crippen LogP contribution in [-0.2, 0) is 0 Å². The number of anilines is 1. The molecule has 1 saturated heterocycles. The molecule has 1 heterocycles. The summed E-state index contributed by atoms with van der Waals surface area (Å²) in [7, 11) is 0. The van der Waals surface area contributed by atoms with Gasteiger partial charge in [0.2, 0.25) is 0 Å². The fraction of sp³-hybridized carbons (Fsp3) is 0.571. The Labute approximate surface area is 98.4 Å². The summed E-state index contributed by atoms with van der Waals surface area (Å²) in [5, 5.41) is 0. The Morgan fingerprint density at radius 2 is 2.12 bits per heavy atom. The predicted molar refractivity (Wildman–Crippen MR) is 69.6 cm³/mol. The van der Waals surface area contributed by atoms with Gasteiger partial charge >= 0.3 is 0 Å². The Hall–Kier alpha value is -1.02. The highest BCUT2D eigenvalue weighted by Crippen LogP contribution is 2.27. The Bertz CT molecular complexity index is 310. The molecule has 0 aromatic heterocycles. The lowest BCUT2D eigenvalue weighted by atomic mass is 9.95. The summed E-state index contributed by atoms with van der Waals surface area (Å²) in [5.41, 5.74) is 7.05. The lowest BCUT2D eigenvalue weighted by molar-refractivity contribution is 0.423. The van der Waals surface area contributed by atoms with E-state index in [0.29, 0.717) is 5.92 Å². The molecule has 1 aromatic rings. The minimum atomic E-state index is 0.667. The van der Waals surface area contributed by atoms with E-state index in [9.17, 15) is 0 Å². The van der Waals surface area contributed by atoms with Crippen molar-refractivity contribution in [3.8, 4) is 0 Å². The molecule has 0 saturated carbocycles. The average Bonchev–Trinajstić information content (AvgIpc) is 2.78. The summed E-state index contributed by atoms with van der Waals surface area (Å²) >= 11 is 0. The van der Waals surface area contributed by atoms with Gasteiger partial charge in [0.05, 0.1) is 0 Å². The highest BCUT2D eigenvalue weighted by molar-refractivity contribution is 5.46. The zero-order valence-electron chi connectivity index (χ0n) is 10.1. The van der Waals surface area contributed by atoms with Crippen molar-refractivity contribution in [3.05, 3.63) is 30.3 Å². The second-order valence-corrected chi connectivity index (χ2v) is 5.01. The molecule has 0 aliphatic carbocycles. The molecule has 1 aromatic carbocycles. The van der Waals surface area contributed by atoms with Gasteiger partial charge in [-0.25, -0.2) is 0 Å². The van der Waals surface area contributed by atoms with E-state index in [-0.39, 0.29) is 0 Å². The molecule has 88 valence electrons. The van der Waals surface area contributed by atoms with Crippen LogP contribution in [-0.4, -0.2) is 19.6 Å². The third-order valence-corrected chi connectivity index (χ3v) is 3.55. The first-order valence-corrected chi connectivity index (χ1v) is 6.29. The third-order valence-electron chi connectivity index (χ3n) is 3.55. The van der Waals surface area contributed by atoms with Crippen LogP contribution in [0, 0.1) is 11.8 Å². The molecule has 2 heteroatoms. The number of para-hydroxylation sites is 1. The van der Waals surface area contributed by atoms with Crippen LogP contribution in [0.25, 0.3) is 0 Å². The van der Waals surface area contributed by atoms with E-state index in [4.69, 9.17) is 5.73 Å². The normalized spacial score (nSPS) is 22.4. The quantitative estimate of drug-likeness (QED) is 0.841. The minimum Gasteiger partial charge on any atom is -0.371 e. The van der Waals surface area contributed by atoms with Crippen molar-refractivity contribution in [2.45, 2.75) is 19.8 Å². The van der Waals surface area contributed by atoms with Gasteiger partial charge in [-0.05, 0) is 43.4 Å². The van der Waals surface area contributed by atoms with Gasteiger partial charge in [0.15, 0.2) is 0 Å². The molecule has 0 spiro atoms. The Morgan fingerprint density at radius 3 is 2.81 bits per heavy atom. The van der Waals surface area contributed by atoms with Crippen molar-refractivity contribution in [1.82, 2.24) is 0 Å². The van der Waals surface area contributed by atoms with Gasteiger partial charge in [-0.15, -0.1) is 0 Å². The van der Waals surface area contributed by atoms with Gasteiger partial charge in [-0.2, -0.15) is 0 Å². The van der Waals surface area contributed by atoms with Crippen LogP contribution in [0.5, 0.6) is 0 Å². The van der Waals surface area contributed by atoms with E-state index in [2.05, 4.69) is 42.2 Å². The number of hydrogen-bond acceptors (Lipinski definition) is 2. The molecule has 0 radical (unpaired) electrons. The Balaban J connectivity index is 1.89. The fourth-order valence-corrected chi connectivity index (χ4v) is 2.56. The van der Waals surface area contributed by atoms with E-state index in [1.807, 2.05) is 0 Å². The number of hydrogen-bond donors (Lipinski definition) is 1. The number of nitrogens with two attached hydrogens (primary N) is 1. The van der Waals surface area contributed by atoms with Crippen LogP contribution in [0.3, 0.4) is 0 Å². The molecule has 2 rings (SSSR count). The molecule has 0 amide bonds. The second-order valence-electron chi connectivity index (χ2n) is 5.01. The maximum atomic E-state index is 5.68. The summed E-state index contributed by atoms with van der Waals surface area (Å²) in [6.07, 6.45) is 2.60. The lowest BCUT2D eigenvalue weighted by Gasteiger charge is -2.19. The molecular weight excluding hydrogens is 196 g/mol. The van der Waals surface area contributed by atoms with Gasteiger partial charge in [-0.1, -0.05) is 25.1 Å². The van der Waals surface area contributed by atoms with Crippen molar-refractivity contribution < 1.29 is 0 Å². The van der Waals surface area contributed by atoms with Crippen LogP contribution in [0.4, 0.5) is 5.69 Å². The summed E-state index contributed by atoms with van der Waals surface area (Å²) in [6, 6.07) is 10.7. The maximum Gasteiger partial charge on any atom is 0.0366 e. The molecule has 1 aliphatic rings. The summed E-state index contributed by atoms with van der Waals surface area (Å²) in [6.45, 7) is 5.48. The van der Waals surface area contributed by atoms with Crippen molar-refractivity contribution in [2.24, 2.45) is 17.6 Å². The van der Waals surface area contributed by atoms with Gasteiger partial charge in [0.1, 0.15) is 0 Å². The fourth-order valence-electron chi connectivity index (χ4n) is 2.56. The average molecular weight is 218 g/mol. The first-order chi connectivity index (χ1) is 7.79. The molecule has 1 fully saturated rings. The zero-order chi connectivity index (χ0) is 11.4. The van der Waals surface area contributed by atoms with Gasteiger partial charge < -0.3 is 10.6 Å². The van der Waals surface area contributed by atoms with E-state index in [1.54, 1.807) is 0 Å². The predicted octanol–water partition coefficient (Wildman–Crippen LogP) is 2.50. The Kier molecular flexibility index (Phi) is 3.83. The van der Waals surface area contributed by atoms with E-state index in [0.717, 1.165) is 12.5 Å². The monoisotopic (exact) mass is 218 g/mol. The molecule has 0 bridgehead atoms. The van der Waals surface area contributed by atoms with Crippen molar-refractivity contribution in [3.63, 3.8) is 0 Å². The Morgan fingerprint density at radius 1 is 1.38 bits per heavy atom. The molecule has 1 aliphatic heterocycles. The van der Waals surface area contributed by atoms with E-state index < -0.39 is 0 Å². The highest BCUT2D eigenvalue weighted by Gasteiger charge is 2.23. The van der Waals surface area contributed by atoms with Crippen molar-refractivity contribution in [1.29, 1.82) is 0 Å². The van der Waals surface area contributed by atoms with E-state index >= 15 is 0 Å². The molecule has 16 heavy (non-hydrogen) atoms. The third kappa shape index (κ3) is 2.76. The van der Waals surface area contributed by atoms with Crippen molar-refractivity contribution in [2.75, 3.05) is 24.5 Å². The minimum absolute atomic E-state index is 0.667. The van der Waals surface area contributed by atoms with Crippen LogP contribution < -0.4 is 10.6 Å².